The molecule has 0 saturated carbocycles. The molecule has 0 aliphatic rings. The van der Waals surface area contributed by atoms with E-state index < -0.39 is 5.81 Å². The molecule has 1 amide bonds. The van der Waals surface area contributed by atoms with E-state index in [0.717, 1.165) is 7.28 Å². The van der Waals surface area contributed by atoms with Crippen LogP contribution in [-0.4, -0.2) is 38.5 Å². The molecule has 0 bridgehead atoms. The van der Waals surface area contributed by atoms with Gasteiger partial charge in [-0.3, -0.25) is 0 Å². The number of carbonyl (C=O) groups excluding carboxylic acids is 2. The van der Waals surface area contributed by atoms with Crippen LogP contribution in [0.1, 0.15) is 13.8 Å². The number of nitrogens with zero attached hydrogens (tertiary/aromatic N) is 1. The van der Waals surface area contributed by atoms with Crippen LogP contribution in [0.2, 0.25) is 0 Å². The van der Waals surface area contributed by atoms with Gasteiger partial charge in [-0.1, -0.05) is 0 Å². The number of ether oxygens (including phenoxy) is 1. The Morgan fingerprint density at radius 1 is 1.54 bits per heavy atom. The van der Waals surface area contributed by atoms with Gasteiger partial charge in [-0.2, -0.15) is 0 Å². The Bertz CT molecular complexity index is 177. The molecule has 0 aliphatic heterocycles. The largest absolute Gasteiger partial charge is 0.660 e. The summed E-state index contributed by atoms with van der Waals surface area (Å²) in [6.07, 6.45) is -0.0886. The third-order valence-electron chi connectivity index (χ3n) is 1.23. The fourth-order valence-electron chi connectivity index (χ4n) is 0.513. The molecular formula is C7H12BNO3Y-. The van der Waals surface area contributed by atoms with E-state index in [0.29, 0.717) is 6.54 Å². The Labute approximate surface area is 104 Å². The summed E-state index contributed by atoms with van der Waals surface area (Å²) in [6.45, 7) is 3.40. The minimum absolute atomic E-state index is 0. The maximum absolute atomic E-state index is 10.8. The van der Waals surface area contributed by atoms with Gasteiger partial charge in [-0.15, -0.1) is 6.54 Å². The topological polar surface area (TPSA) is 57.5 Å². The van der Waals surface area contributed by atoms with Gasteiger partial charge < -0.3 is 19.6 Å². The van der Waals surface area contributed by atoms with Gasteiger partial charge in [0.25, 0.3) is 7.28 Å². The molecule has 0 saturated heterocycles. The minimum Gasteiger partial charge on any atom is -0.660 e. The average molecular weight is 258 g/mol. The molecule has 2 radical (unpaired) electrons. The average Bonchev–Trinajstić information content (AvgIpc) is 1.99. The van der Waals surface area contributed by atoms with Crippen molar-refractivity contribution >= 4 is 18.8 Å². The van der Waals surface area contributed by atoms with Crippen molar-refractivity contribution in [1.29, 1.82) is 0 Å². The zero-order valence-corrected chi connectivity index (χ0v) is 10.9. The van der Waals surface area contributed by atoms with E-state index in [9.17, 15) is 9.59 Å². The standard InChI is InChI=1S/C7H13BNO3.Y/c1-5(12-3)4-9-7(11)8-6(2)10;/h5H,4H2,1-3H3,(H,9,11);/p-1. The molecule has 0 aliphatic carbocycles. The van der Waals surface area contributed by atoms with Gasteiger partial charge >= 0.3 is 0 Å². The minimum atomic E-state index is -0.494. The summed E-state index contributed by atoms with van der Waals surface area (Å²) >= 11 is 0. The molecule has 0 rings (SSSR count). The van der Waals surface area contributed by atoms with E-state index in [2.05, 4.69) is 5.32 Å². The van der Waals surface area contributed by atoms with E-state index in [1.54, 1.807) is 14.0 Å². The van der Waals surface area contributed by atoms with Crippen molar-refractivity contribution in [1.82, 2.24) is 0 Å². The van der Waals surface area contributed by atoms with Crippen LogP contribution in [0.3, 0.4) is 0 Å². The van der Waals surface area contributed by atoms with Gasteiger partial charge in [0.15, 0.2) is 0 Å². The summed E-state index contributed by atoms with van der Waals surface area (Å²) in [5, 5.41) is 3.59. The van der Waals surface area contributed by atoms with Gasteiger partial charge in [0.2, 0.25) is 0 Å². The fourth-order valence-corrected chi connectivity index (χ4v) is 0.513. The summed E-state index contributed by atoms with van der Waals surface area (Å²) in [4.78, 5) is 21.2. The Kier molecular flexibility index (Phi) is 10.7. The van der Waals surface area contributed by atoms with Crippen molar-refractivity contribution in [3.05, 3.63) is 5.32 Å². The molecule has 1 atom stereocenters. The van der Waals surface area contributed by atoms with Gasteiger partial charge in [0.05, 0.1) is 5.68 Å². The molecule has 0 fully saturated rings. The van der Waals surface area contributed by atoms with E-state index in [1.165, 1.54) is 6.92 Å². The molecule has 1 unspecified atom stereocenters. The summed E-state index contributed by atoms with van der Waals surface area (Å²) in [5.41, 5.74) is -0.284. The van der Waals surface area contributed by atoms with Crippen LogP contribution < -0.4 is 0 Å². The monoisotopic (exact) mass is 258 g/mol. The van der Waals surface area contributed by atoms with Gasteiger partial charge in [-0.05, 0) is 13.8 Å². The third kappa shape index (κ3) is 10.2. The van der Waals surface area contributed by atoms with Crippen molar-refractivity contribution in [3.8, 4) is 0 Å². The quantitative estimate of drug-likeness (QED) is 0.684. The molecule has 4 nitrogen and oxygen atoms in total. The predicted molar refractivity (Wildman–Crippen MR) is 46.5 cm³/mol. The first-order chi connectivity index (χ1) is 5.56. The second kappa shape index (κ2) is 8.85. The Hall–Kier alpha value is 0.269. The van der Waals surface area contributed by atoms with Gasteiger partial charge in [-0.25, -0.2) is 0 Å². The van der Waals surface area contributed by atoms with Gasteiger partial charge in [0.1, 0.15) is 0 Å². The molecule has 13 heavy (non-hydrogen) atoms. The van der Waals surface area contributed by atoms with Crippen molar-refractivity contribution < 1.29 is 47.0 Å². The van der Waals surface area contributed by atoms with Crippen molar-refractivity contribution in [2.75, 3.05) is 13.7 Å². The van der Waals surface area contributed by atoms with Crippen LogP contribution in [0.4, 0.5) is 4.79 Å². The van der Waals surface area contributed by atoms with E-state index in [-0.39, 0.29) is 44.5 Å². The first kappa shape index (κ1) is 15.7. The first-order valence-corrected chi connectivity index (χ1v) is 3.65. The second-order valence-electron chi connectivity index (χ2n) is 2.48. The summed E-state index contributed by atoms with van der Waals surface area (Å²) < 4.78 is 4.86. The molecular weight excluding hydrogens is 246 g/mol. The van der Waals surface area contributed by atoms with Crippen LogP contribution in [0.15, 0.2) is 0 Å². The number of amides is 1. The number of rotatable bonds is 5. The Morgan fingerprint density at radius 3 is 2.46 bits per heavy atom. The van der Waals surface area contributed by atoms with Gasteiger partial charge in [0, 0.05) is 51.7 Å². The summed E-state index contributed by atoms with van der Waals surface area (Å²) in [7, 11) is 2.50. The van der Waals surface area contributed by atoms with Crippen molar-refractivity contribution in [2.45, 2.75) is 20.0 Å². The first-order valence-electron chi connectivity index (χ1n) is 3.65. The third-order valence-corrected chi connectivity index (χ3v) is 1.23. The molecule has 0 aromatic carbocycles. The molecule has 0 heterocycles. The number of hydrogen-bond acceptors (Lipinski definition) is 3. The molecule has 0 N–H and O–H groups in total. The number of carbonyl (C=O) groups is 2. The summed E-state index contributed by atoms with van der Waals surface area (Å²) in [6, 6.07) is 0. The van der Waals surface area contributed by atoms with Crippen molar-refractivity contribution in [2.24, 2.45) is 0 Å². The normalized spacial score (nSPS) is 11.0. The number of hydrogen-bond donors (Lipinski definition) is 0. The predicted octanol–water partition coefficient (Wildman–Crippen LogP) is 0.763. The Balaban J connectivity index is 0. The van der Waals surface area contributed by atoms with E-state index >= 15 is 0 Å². The van der Waals surface area contributed by atoms with Crippen LogP contribution >= 0.6 is 0 Å². The fraction of sp³-hybridized carbons (Fsp3) is 0.714. The Morgan fingerprint density at radius 2 is 2.08 bits per heavy atom. The molecule has 0 aromatic heterocycles. The molecule has 70 valence electrons. The SMILES string of the molecule is COC(C)C[N-]C(=O)[B]C(C)=O.[Y]. The van der Waals surface area contributed by atoms with Crippen LogP contribution in [0.25, 0.3) is 5.32 Å². The zero-order chi connectivity index (χ0) is 9.56. The maximum atomic E-state index is 10.8. The van der Waals surface area contributed by atoms with Crippen LogP contribution in [-0.2, 0) is 42.2 Å². The van der Waals surface area contributed by atoms with Crippen LogP contribution in [0.5, 0.6) is 0 Å². The van der Waals surface area contributed by atoms with Crippen molar-refractivity contribution in [3.63, 3.8) is 0 Å². The zero-order valence-electron chi connectivity index (χ0n) is 8.11. The summed E-state index contributed by atoms with van der Waals surface area (Å²) in [5.74, 6) is -0.494. The molecule has 0 aromatic rings. The second-order valence-corrected chi connectivity index (χ2v) is 2.48. The maximum Gasteiger partial charge on any atom is 0.264 e. The van der Waals surface area contributed by atoms with E-state index in [4.69, 9.17) is 4.74 Å². The molecule has 0 spiro atoms. The number of methoxy groups -OCH3 is 1. The smallest absolute Gasteiger partial charge is 0.264 e. The van der Waals surface area contributed by atoms with Crippen LogP contribution in [0, 0.1) is 0 Å². The molecule has 6 heteroatoms. The van der Waals surface area contributed by atoms with E-state index in [1.807, 2.05) is 0 Å².